The zero-order valence-corrected chi connectivity index (χ0v) is 12.1. The van der Waals surface area contributed by atoms with Crippen LogP contribution in [0.5, 0.6) is 0 Å². The first-order valence-electron chi connectivity index (χ1n) is 7.01. The Balaban J connectivity index is 2.24. The molecule has 0 bridgehead atoms. The van der Waals surface area contributed by atoms with Gasteiger partial charge < -0.3 is 10.1 Å². The van der Waals surface area contributed by atoms with Crippen molar-refractivity contribution in [1.82, 2.24) is 5.32 Å². The lowest BCUT2D eigenvalue weighted by Gasteiger charge is -2.18. The van der Waals surface area contributed by atoms with Crippen molar-refractivity contribution < 1.29 is 14.3 Å². The first-order valence-corrected chi connectivity index (χ1v) is 7.01. The predicted molar refractivity (Wildman–Crippen MR) is 76.9 cm³/mol. The molecule has 4 heteroatoms. The second-order valence-electron chi connectivity index (χ2n) is 5.40. The number of rotatable bonds is 1. The molecule has 2 atom stereocenters. The number of hydrogen-bond acceptors (Lipinski definition) is 3. The lowest BCUT2D eigenvalue weighted by atomic mass is 9.87. The van der Waals surface area contributed by atoms with Gasteiger partial charge in [-0.3, -0.25) is 4.79 Å². The third kappa shape index (κ3) is 3.00. The van der Waals surface area contributed by atoms with E-state index in [1.54, 1.807) is 7.05 Å². The normalized spacial score (nSPS) is 32.3. The monoisotopic (exact) mass is 275 g/mol. The standard InChI is InChI=1S/C16H21NO3/c1-10-5-4-6-12(15(18)17-3)7-8-13-11(2)16(19)20-14(13)9-10/h6,9,13-14H,2,4-5,7-8H2,1,3H3,(H,17,18)/b10-9-,12-6+. The quantitative estimate of drug-likeness (QED) is 0.454. The number of carbonyl (C=O) groups excluding carboxylic acids is 2. The summed E-state index contributed by atoms with van der Waals surface area (Å²) in [6.45, 7) is 5.87. The van der Waals surface area contributed by atoms with Crippen molar-refractivity contribution in [3.8, 4) is 0 Å². The van der Waals surface area contributed by atoms with E-state index >= 15 is 0 Å². The maximum absolute atomic E-state index is 11.8. The highest BCUT2D eigenvalue weighted by atomic mass is 16.5. The predicted octanol–water partition coefficient (Wildman–Crippen LogP) is 2.28. The van der Waals surface area contributed by atoms with Crippen LogP contribution in [0, 0.1) is 5.92 Å². The number of nitrogens with one attached hydrogen (secondary N) is 1. The zero-order chi connectivity index (χ0) is 14.7. The maximum Gasteiger partial charge on any atom is 0.334 e. The highest BCUT2D eigenvalue weighted by Crippen LogP contribution is 2.34. The molecular weight excluding hydrogens is 254 g/mol. The van der Waals surface area contributed by atoms with Gasteiger partial charge in [-0.2, -0.15) is 0 Å². The fourth-order valence-corrected chi connectivity index (χ4v) is 2.74. The van der Waals surface area contributed by atoms with E-state index in [4.69, 9.17) is 4.74 Å². The molecular formula is C16H21NO3. The number of esters is 1. The Bertz CT molecular complexity index is 502. The minimum absolute atomic E-state index is 0.0244. The molecule has 1 saturated heterocycles. The van der Waals surface area contributed by atoms with Gasteiger partial charge in [-0.05, 0) is 38.7 Å². The van der Waals surface area contributed by atoms with Gasteiger partial charge in [0.2, 0.25) is 5.91 Å². The van der Waals surface area contributed by atoms with Crippen LogP contribution in [0.2, 0.25) is 0 Å². The van der Waals surface area contributed by atoms with E-state index in [2.05, 4.69) is 11.9 Å². The van der Waals surface area contributed by atoms with Crippen LogP contribution in [0.15, 0.2) is 35.5 Å². The third-order valence-electron chi connectivity index (χ3n) is 3.97. The minimum atomic E-state index is -0.311. The van der Waals surface area contributed by atoms with Gasteiger partial charge in [0.05, 0.1) is 0 Å². The summed E-state index contributed by atoms with van der Waals surface area (Å²) in [6.07, 6.45) is 6.85. The van der Waals surface area contributed by atoms with Crippen molar-refractivity contribution in [3.63, 3.8) is 0 Å². The summed E-state index contributed by atoms with van der Waals surface area (Å²) in [5, 5.41) is 2.67. The van der Waals surface area contributed by atoms with Crippen LogP contribution in [0.1, 0.15) is 32.6 Å². The van der Waals surface area contributed by atoms with E-state index in [-0.39, 0.29) is 23.9 Å². The molecule has 2 unspecified atom stereocenters. The average molecular weight is 275 g/mol. The topological polar surface area (TPSA) is 55.4 Å². The number of carbonyl (C=O) groups is 2. The zero-order valence-electron chi connectivity index (χ0n) is 12.1. The Morgan fingerprint density at radius 2 is 2.20 bits per heavy atom. The SMILES string of the molecule is C=C1C(=O)OC2/C=C(/C)CC/C=C(/C(=O)NC)CCC12. The van der Waals surface area contributed by atoms with E-state index in [1.165, 1.54) is 5.57 Å². The van der Waals surface area contributed by atoms with Gasteiger partial charge in [0, 0.05) is 24.1 Å². The van der Waals surface area contributed by atoms with Gasteiger partial charge in [-0.25, -0.2) is 4.79 Å². The van der Waals surface area contributed by atoms with E-state index in [0.717, 1.165) is 18.4 Å². The van der Waals surface area contributed by atoms with Crippen LogP contribution in [-0.2, 0) is 14.3 Å². The van der Waals surface area contributed by atoms with Gasteiger partial charge >= 0.3 is 5.97 Å². The number of ether oxygens (including phenoxy) is 1. The van der Waals surface area contributed by atoms with E-state index in [9.17, 15) is 9.59 Å². The first-order chi connectivity index (χ1) is 9.52. The smallest absolute Gasteiger partial charge is 0.334 e. The molecule has 0 aromatic rings. The van der Waals surface area contributed by atoms with E-state index < -0.39 is 0 Å². The summed E-state index contributed by atoms with van der Waals surface area (Å²) in [6, 6.07) is 0. The highest BCUT2D eigenvalue weighted by molar-refractivity contribution is 5.93. The molecule has 108 valence electrons. The second kappa shape index (κ2) is 6.07. The fourth-order valence-electron chi connectivity index (χ4n) is 2.74. The van der Waals surface area contributed by atoms with Gasteiger partial charge in [0.15, 0.2) is 0 Å². The summed E-state index contributed by atoms with van der Waals surface area (Å²) < 4.78 is 5.37. The van der Waals surface area contributed by atoms with Crippen LogP contribution < -0.4 is 5.32 Å². The molecule has 1 heterocycles. The molecule has 2 rings (SSSR count). The molecule has 4 nitrogen and oxygen atoms in total. The van der Waals surface area contributed by atoms with Crippen LogP contribution >= 0.6 is 0 Å². The van der Waals surface area contributed by atoms with E-state index in [1.807, 2.05) is 19.1 Å². The molecule has 1 amide bonds. The summed E-state index contributed by atoms with van der Waals surface area (Å²) >= 11 is 0. The molecule has 0 saturated carbocycles. The second-order valence-corrected chi connectivity index (χ2v) is 5.40. The first kappa shape index (κ1) is 14.6. The van der Waals surface area contributed by atoms with Gasteiger partial charge in [0.25, 0.3) is 0 Å². The molecule has 20 heavy (non-hydrogen) atoms. The highest BCUT2D eigenvalue weighted by Gasteiger charge is 2.37. The molecule has 1 fully saturated rings. The molecule has 1 N–H and O–H groups in total. The van der Waals surface area contributed by atoms with Gasteiger partial charge in [-0.1, -0.05) is 18.2 Å². The van der Waals surface area contributed by atoms with E-state index in [0.29, 0.717) is 18.4 Å². The van der Waals surface area contributed by atoms with Crippen LogP contribution in [0.25, 0.3) is 0 Å². The average Bonchev–Trinajstić information content (AvgIpc) is 2.68. The number of likely N-dealkylation sites (N-methyl/N-ethyl adjacent to an activating group) is 1. The Morgan fingerprint density at radius 3 is 2.90 bits per heavy atom. The summed E-state index contributed by atoms with van der Waals surface area (Å²) in [5.41, 5.74) is 2.49. The molecule has 0 radical (unpaired) electrons. The van der Waals surface area contributed by atoms with Crippen LogP contribution in [0.4, 0.5) is 0 Å². The molecule has 0 aromatic carbocycles. The van der Waals surface area contributed by atoms with Crippen molar-refractivity contribution in [3.05, 3.63) is 35.5 Å². The fraction of sp³-hybridized carbons (Fsp3) is 0.500. The minimum Gasteiger partial charge on any atom is -0.454 e. The van der Waals surface area contributed by atoms with Crippen molar-refractivity contribution >= 4 is 11.9 Å². The Hall–Kier alpha value is -1.84. The molecule has 2 aliphatic rings. The summed E-state index contributed by atoms with van der Waals surface area (Å²) in [4.78, 5) is 23.5. The molecule has 1 aliphatic heterocycles. The Labute approximate surface area is 119 Å². The largest absolute Gasteiger partial charge is 0.454 e. The maximum atomic E-state index is 11.8. The molecule has 0 aromatic heterocycles. The molecule has 0 spiro atoms. The van der Waals surface area contributed by atoms with Crippen LogP contribution in [0.3, 0.4) is 0 Å². The van der Waals surface area contributed by atoms with Crippen molar-refractivity contribution in [1.29, 1.82) is 0 Å². The third-order valence-corrected chi connectivity index (χ3v) is 3.97. The summed E-state index contributed by atoms with van der Waals surface area (Å²) in [7, 11) is 1.64. The van der Waals surface area contributed by atoms with Gasteiger partial charge in [-0.15, -0.1) is 0 Å². The van der Waals surface area contributed by atoms with Crippen molar-refractivity contribution in [2.75, 3.05) is 7.05 Å². The Morgan fingerprint density at radius 1 is 1.45 bits per heavy atom. The number of allylic oxidation sites excluding steroid dienone is 2. The van der Waals surface area contributed by atoms with Gasteiger partial charge in [0.1, 0.15) is 6.10 Å². The van der Waals surface area contributed by atoms with Crippen molar-refractivity contribution in [2.45, 2.75) is 38.7 Å². The number of fused-ring (bicyclic) bond motifs is 1. The summed E-state index contributed by atoms with van der Waals surface area (Å²) in [5.74, 6) is -0.378. The Kier molecular flexibility index (Phi) is 4.42. The lowest BCUT2D eigenvalue weighted by molar-refractivity contribution is -0.137. The lowest BCUT2D eigenvalue weighted by Crippen LogP contribution is -2.22. The van der Waals surface area contributed by atoms with Crippen molar-refractivity contribution in [2.24, 2.45) is 5.92 Å². The number of amides is 1. The molecule has 1 aliphatic carbocycles. The van der Waals surface area contributed by atoms with Crippen LogP contribution in [-0.4, -0.2) is 25.0 Å². The number of hydrogen-bond donors (Lipinski definition) is 1.